The minimum atomic E-state index is 0.533. The lowest BCUT2D eigenvalue weighted by molar-refractivity contribution is 0.923. The van der Waals surface area contributed by atoms with Gasteiger partial charge < -0.3 is 16.0 Å². The second-order valence-electron chi connectivity index (χ2n) is 4.80. The van der Waals surface area contributed by atoms with E-state index >= 15 is 0 Å². The summed E-state index contributed by atoms with van der Waals surface area (Å²) in [5, 5.41) is 12.4. The number of nitriles is 1. The van der Waals surface area contributed by atoms with E-state index < -0.39 is 0 Å². The fraction of sp³-hybridized carbons (Fsp3) is 0.188. The number of benzene rings is 2. The molecule has 0 radical (unpaired) electrons. The van der Waals surface area contributed by atoms with Crippen LogP contribution >= 0.6 is 0 Å². The number of anilines is 3. The van der Waals surface area contributed by atoms with Crippen molar-refractivity contribution in [2.45, 2.75) is 6.54 Å². The molecule has 4 heteroatoms. The first-order valence-electron chi connectivity index (χ1n) is 6.66. The second-order valence-corrected chi connectivity index (χ2v) is 4.80. The van der Waals surface area contributed by atoms with Crippen LogP contribution in [0.15, 0.2) is 42.5 Å². The van der Waals surface area contributed by atoms with Crippen LogP contribution in [0, 0.1) is 11.3 Å². The first kappa shape index (κ1) is 12.5. The fourth-order valence-corrected chi connectivity index (χ4v) is 2.52. The van der Waals surface area contributed by atoms with E-state index in [1.54, 1.807) is 0 Å². The SMILES string of the molecule is N#Cc1ccc2c(c1)N(c1cccc(CN)c1)CCN2. The predicted octanol–water partition coefficient (Wildman–Crippen LogP) is 2.58. The molecule has 2 aromatic rings. The minimum Gasteiger partial charge on any atom is -0.382 e. The predicted molar refractivity (Wildman–Crippen MR) is 81.0 cm³/mol. The number of fused-ring (bicyclic) bond motifs is 1. The zero-order chi connectivity index (χ0) is 13.9. The Morgan fingerprint density at radius 3 is 2.95 bits per heavy atom. The average Bonchev–Trinajstić information content (AvgIpc) is 2.53. The lowest BCUT2D eigenvalue weighted by atomic mass is 10.1. The lowest BCUT2D eigenvalue weighted by Gasteiger charge is -2.32. The average molecular weight is 264 g/mol. The van der Waals surface area contributed by atoms with Crippen molar-refractivity contribution in [1.29, 1.82) is 5.26 Å². The fourth-order valence-electron chi connectivity index (χ4n) is 2.52. The van der Waals surface area contributed by atoms with Crippen LogP contribution in [0.2, 0.25) is 0 Å². The quantitative estimate of drug-likeness (QED) is 0.875. The third-order valence-corrected chi connectivity index (χ3v) is 3.53. The Labute approximate surface area is 118 Å². The molecule has 0 bridgehead atoms. The van der Waals surface area contributed by atoms with Crippen molar-refractivity contribution < 1.29 is 0 Å². The molecule has 0 amide bonds. The highest BCUT2D eigenvalue weighted by Gasteiger charge is 2.18. The Bertz CT molecular complexity index is 672. The summed E-state index contributed by atoms with van der Waals surface area (Å²) in [6, 6.07) is 16.2. The molecule has 0 aromatic heterocycles. The molecule has 20 heavy (non-hydrogen) atoms. The van der Waals surface area contributed by atoms with E-state index in [0.717, 1.165) is 35.7 Å². The first-order chi connectivity index (χ1) is 9.81. The molecule has 0 atom stereocenters. The largest absolute Gasteiger partial charge is 0.382 e. The molecule has 3 rings (SSSR count). The smallest absolute Gasteiger partial charge is 0.0992 e. The van der Waals surface area contributed by atoms with Gasteiger partial charge in [-0.1, -0.05) is 12.1 Å². The van der Waals surface area contributed by atoms with Gasteiger partial charge >= 0.3 is 0 Å². The summed E-state index contributed by atoms with van der Waals surface area (Å²) in [6.45, 7) is 2.28. The van der Waals surface area contributed by atoms with Gasteiger partial charge in [-0.3, -0.25) is 0 Å². The third kappa shape index (κ3) is 2.20. The number of nitrogens with one attached hydrogen (secondary N) is 1. The molecule has 0 saturated carbocycles. The van der Waals surface area contributed by atoms with E-state index in [2.05, 4.69) is 28.4 Å². The Morgan fingerprint density at radius 2 is 2.15 bits per heavy atom. The van der Waals surface area contributed by atoms with Crippen LogP contribution in [0.1, 0.15) is 11.1 Å². The van der Waals surface area contributed by atoms with Gasteiger partial charge in [-0.15, -0.1) is 0 Å². The summed E-state index contributed by atoms with van der Waals surface area (Å²) >= 11 is 0. The van der Waals surface area contributed by atoms with Crippen LogP contribution < -0.4 is 16.0 Å². The molecule has 1 aliphatic rings. The number of rotatable bonds is 2. The zero-order valence-electron chi connectivity index (χ0n) is 11.1. The van der Waals surface area contributed by atoms with Gasteiger partial charge in [-0.05, 0) is 35.9 Å². The first-order valence-corrected chi connectivity index (χ1v) is 6.66. The Kier molecular flexibility index (Phi) is 3.28. The van der Waals surface area contributed by atoms with Crippen molar-refractivity contribution in [3.63, 3.8) is 0 Å². The van der Waals surface area contributed by atoms with Gasteiger partial charge in [0.25, 0.3) is 0 Å². The van der Waals surface area contributed by atoms with Crippen LogP contribution in [0.25, 0.3) is 0 Å². The summed E-state index contributed by atoms with van der Waals surface area (Å²) < 4.78 is 0. The molecule has 100 valence electrons. The molecule has 1 aliphatic heterocycles. The molecular weight excluding hydrogens is 248 g/mol. The van der Waals surface area contributed by atoms with E-state index in [1.165, 1.54) is 0 Å². The van der Waals surface area contributed by atoms with E-state index in [9.17, 15) is 0 Å². The number of hydrogen-bond donors (Lipinski definition) is 2. The zero-order valence-corrected chi connectivity index (χ0v) is 11.1. The van der Waals surface area contributed by atoms with Gasteiger partial charge in [0, 0.05) is 25.3 Å². The molecule has 2 aromatic carbocycles. The Hall–Kier alpha value is -2.51. The minimum absolute atomic E-state index is 0.533. The van der Waals surface area contributed by atoms with Crippen molar-refractivity contribution in [3.8, 4) is 6.07 Å². The van der Waals surface area contributed by atoms with Gasteiger partial charge in [0.1, 0.15) is 0 Å². The maximum atomic E-state index is 9.07. The molecule has 0 aliphatic carbocycles. The van der Waals surface area contributed by atoms with Gasteiger partial charge in [-0.2, -0.15) is 5.26 Å². The standard InChI is InChI=1S/C16H16N4/c17-10-12-2-1-3-14(8-12)20-7-6-19-15-5-4-13(11-18)9-16(15)20/h1-5,8-9,19H,6-7,10,17H2. The van der Waals surface area contributed by atoms with Gasteiger partial charge in [0.05, 0.1) is 23.0 Å². The van der Waals surface area contributed by atoms with E-state index in [0.29, 0.717) is 12.1 Å². The monoisotopic (exact) mass is 264 g/mol. The molecule has 1 heterocycles. The molecule has 0 fully saturated rings. The van der Waals surface area contributed by atoms with Crippen LogP contribution in [-0.2, 0) is 6.54 Å². The van der Waals surface area contributed by atoms with Crippen molar-refractivity contribution in [1.82, 2.24) is 0 Å². The molecule has 4 nitrogen and oxygen atoms in total. The van der Waals surface area contributed by atoms with E-state index in [-0.39, 0.29) is 0 Å². The summed E-state index contributed by atoms with van der Waals surface area (Å²) in [6.07, 6.45) is 0. The molecule has 0 spiro atoms. The molecule has 3 N–H and O–H groups in total. The molecule has 0 unspecified atom stereocenters. The van der Waals surface area contributed by atoms with Gasteiger partial charge in [0.15, 0.2) is 0 Å². The Balaban J connectivity index is 2.06. The summed E-state index contributed by atoms with van der Waals surface area (Å²) in [7, 11) is 0. The van der Waals surface area contributed by atoms with E-state index in [1.807, 2.05) is 30.3 Å². The summed E-state index contributed by atoms with van der Waals surface area (Å²) in [5.41, 5.74) is 10.7. The van der Waals surface area contributed by atoms with Crippen LogP contribution in [-0.4, -0.2) is 13.1 Å². The van der Waals surface area contributed by atoms with Crippen molar-refractivity contribution in [2.75, 3.05) is 23.3 Å². The number of hydrogen-bond acceptors (Lipinski definition) is 4. The third-order valence-electron chi connectivity index (χ3n) is 3.53. The summed E-state index contributed by atoms with van der Waals surface area (Å²) in [5.74, 6) is 0. The molecule has 0 saturated heterocycles. The van der Waals surface area contributed by atoms with Crippen molar-refractivity contribution >= 4 is 17.1 Å². The highest BCUT2D eigenvalue weighted by atomic mass is 15.2. The topological polar surface area (TPSA) is 65.1 Å². The highest BCUT2D eigenvalue weighted by molar-refractivity contribution is 5.79. The van der Waals surface area contributed by atoms with Crippen LogP contribution in [0.5, 0.6) is 0 Å². The maximum absolute atomic E-state index is 9.07. The normalized spacial score (nSPS) is 13.3. The number of nitrogens with zero attached hydrogens (tertiary/aromatic N) is 2. The van der Waals surface area contributed by atoms with Gasteiger partial charge in [-0.25, -0.2) is 0 Å². The van der Waals surface area contributed by atoms with Crippen molar-refractivity contribution in [3.05, 3.63) is 53.6 Å². The lowest BCUT2D eigenvalue weighted by Crippen LogP contribution is -2.30. The summed E-state index contributed by atoms with van der Waals surface area (Å²) in [4.78, 5) is 2.23. The van der Waals surface area contributed by atoms with Crippen molar-refractivity contribution in [2.24, 2.45) is 5.73 Å². The molecular formula is C16H16N4. The Morgan fingerprint density at radius 1 is 1.25 bits per heavy atom. The number of nitrogens with two attached hydrogens (primary N) is 1. The van der Waals surface area contributed by atoms with Crippen LogP contribution in [0.4, 0.5) is 17.1 Å². The van der Waals surface area contributed by atoms with Gasteiger partial charge in [0.2, 0.25) is 0 Å². The van der Waals surface area contributed by atoms with E-state index in [4.69, 9.17) is 11.0 Å². The second kappa shape index (κ2) is 5.24. The van der Waals surface area contributed by atoms with Crippen LogP contribution in [0.3, 0.4) is 0 Å². The highest BCUT2D eigenvalue weighted by Crippen LogP contribution is 2.35. The maximum Gasteiger partial charge on any atom is 0.0992 e.